The minimum atomic E-state index is 1.35. The largest absolute Gasteiger partial charge is 0.121 e. The molecular formula is C22H20S16. The Hall–Kier alpha value is 3.52. The number of rotatable bonds is 8. The quantitative estimate of drug-likeness (QED) is 0.229. The smallest absolute Gasteiger partial charge is 0.0718 e. The van der Waals surface area contributed by atoms with Gasteiger partial charge in [0.25, 0.3) is 0 Å². The number of allylic oxidation sites excluding steroid dienone is 3. The first-order chi connectivity index (χ1) is 18.5. The van der Waals surface area contributed by atoms with E-state index in [1.807, 2.05) is 188 Å². The van der Waals surface area contributed by atoms with Crippen LogP contribution < -0.4 is 0 Å². The lowest BCUT2D eigenvalue weighted by atomic mass is 10.3. The number of hydrogen-bond donors (Lipinski definition) is 0. The van der Waals surface area contributed by atoms with Crippen LogP contribution >= 0.6 is 188 Å². The average molecular weight is 797 g/mol. The molecule has 0 aromatic heterocycles. The lowest BCUT2D eigenvalue weighted by Gasteiger charge is -2.08. The summed E-state index contributed by atoms with van der Waals surface area (Å²) in [6.45, 7) is 0. The highest BCUT2D eigenvalue weighted by Gasteiger charge is 2.35. The number of hydrogen-bond acceptors (Lipinski definition) is 16. The van der Waals surface area contributed by atoms with E-state index in [-0.39, 0.29) is 0 Å². The van der Waals surface area contributed by atoms with E-state index in [2.05, 4.69) is 49.7 Å². The molecule has 0 aliphatic carbocycles. The monoisotopic (exact) mass is 796 g/mol. The molecule has 0 saturated heterocycles. The van der Waals surface area contributed by atoms with Gasteiger partial charge in [-0.1, -0.05) is 118 Å². The fraction of sp³-hybridized carbons (Fsp3) is 0.273. The molecule has 0 atom stereocenters. The van der Waals surface area contributed by atoms with Crippen molar-refractivity contribution < 1.29 is 0 Å². The van der Waals surface area contributed by atoms with E-state index < -0.39 is 0 Å². The molecule has 0 aromatic rings. The van der Waals surface area contributed by atoms with Crippen LogP contribution in [0.15, 0.2) is 72.8 Å². The molecule has 38 heavy (non-hydrogen) atoms. The first-order valence-electron chi connectivity index (χ1n) is 10.4. The van der Waals surface area contributed by atoms with Gasteiger partial charge in [0.15, 0.2) is 0 Å². The summed E-state index contributed by atoms with van der Waals surface area (Å²) in [6, 6.07) is 0. The Morgan fingerprint density at radius 1 is 0.395 bits per heavy atom. The van der Waals surface area contributed by atoms with Crippen LogP contribution in [0.2, 0.25) is 0 Å². The molecule has 0 N–H and O–H groups in total. The Labute approximate surface area is 294 Å². The molecule has 0 saturated carbocycles. The summed E-state index contributed by atoms with van der Waals surface area (Å²) in [7, 11) is 0. The maximum absolute atomic E-state index is 2.44. The summed E-state index contributed by atoms with van der Waals surface area (Å²) in [5, 5.41) is 0. The van der Waals surface area contributed by atoms with E-state index in [1.165, 1.54) is 60.7 Å². The summed E-state index contributed by atoms with van der Waals surface area (Å²) < 4.78 is 18.6. The van der Waals surface area contributed by atoms with E-state index in [0.717, 1.165) is 0 Å². The van der Waals surface area contributed by atoms with Crippen LogP contribution in [-0.2, 0) is 0 Å². The zero-order valence-corrected chi connectivity index (χ0v) is 33.8. The van der Waals surface area contributed by atoms with E-state index in [1.54, 1.807) is 0 Å². The summed E-state index contributed by atoms with van der Waals surface area (Å²) in [6.07, 6.45) is 18.0. The molecule has 0 spiro atoms. The van der Waals surface area contributed by atoms with Crippen LogP contribution in [0.3, 0.4) is 0 Å². The normalized spacial score (nSPS) is 21.9. The molecule has 16 heteroatoms. The fourth-order valence-corrected chi connectivity index (χ4v) is 24.4. The molecule has 5 aliphatic heterocycles. The lowest BCUT2D eigenvalue weighted by Crippen LogP contribution is -1.80. The topological polar surface area (TPSA) is 0 Å². The third kappa shape index (κ3) is 7.66. The van der Waals surface area contributed by atoms with E-state index >= 15 is 0 Å². The van der Waals surface area contributed by atoms with E-state index in [0.29, 0.717) is 0 Å². The van der Waals surface area contributed by atoms with Gasteiger partial charge in [-0.05, 0) is 55.3 Å². The Morgan fingerprint density at radius 2 is 0.711 bits per heavy atom. The fourth-order valence-electron chi connectivity index (χ4n) is 3.00. The lowest BCUT2D eigenvalue weighted by molar-refractivity contribution is 1.74. The van der Waals surface area contributed by atoms with Crippen LogP contribution in [-0.4, -0.2) is 37.5 Å². The van der Waals surface area contributed by atoms with Gasteiger partial charge in [0.05, 0.1) is 55.1 Å². The third-order valence-corrected chi connectivity index (χ3v) is 26.2. The minimum Gasteiger partial charge on any atom is -0.121 e. The van der Waals surface area contributed by atoms with Gasteiger partial charge in [-0.15, -0.1) is 70.6 Å². The molecule has 0 radical (unpaired) electrons. The van der Waals surface area contributed by atoms with Gasteiger partial charge in [0.1, 0.15) is 0 Å². The first-order valence-corrected chi connectivity index (χ1v) is 25.9. The Bertz CT molecular complexity index is 1200. The highest BCUT2D eigenvalue weighted by atomic mass is 32.3. The van der Waals surface area contributed by atoms with E-state index in [4.69, 9.17) is 0 Å². The second-order valence-corrected chi connectivity index (χ2v) is 25.4. The van der Waals surface area contributed by atoms with Gasteiger partial charge >= 0.3 is 0 Å². The van der Waals surface area contributed by atoms with Gasteiger partial charge in [0.2, 0.25) is 0 Å². The Kier molecular flexibility index (Phi) is 13.6. The van der Waals surface area contributed by atoms with Gasteiger partial charge in [-0.25, -0.2) is 0 Å². The van der Waals surface area contributed by atoms with Crippen molar-refractivity contribution in [3.63, 3.8) is 0 Å². The van der Waals surface area contributed by atoms with Crippen molar-refractivity contribution in [3.05, 3.63) is 72.8 Å². The van der Waals surface area contributed by atoms with Crippen LogP contribution in [0.4, 0.5) is 0 Å². The SMILES string of the molecule is CSC1=C(SC)SC(=CC(C=C2SC3=C(S2)SC(=C2SC(SC)=C(SC)S2)S3)=C2SC(SC)=C(SC)S2)S1. The van der Waals surface area contributed by atoms with E-state index in [9.17, 15) is 0 Å². The molecule has 0 bridgehead atoms. The van der Waals surface area contributed by atoms with Crippen molar-refractivity contribution in [1.82, 2.24) is 0 Å². The highest BCUT2D eigenvalue weighted by Crippen LogP contribution is 2.71. The zero-order chi connectivity index (χ0) is 26.8. The molecule has 5 rings (SSSR count). The summed E-state index contributed by atoms with van der Waals surface area (Å²) in [5.41, 5.74) is 1.35. The Morgan fingerprint density at radius 3 is 1.13 bits per heavy atom. The molecule has 0 amide bonds. The molecule has 0 aromatic carbocycles. The molecular weight excluding hydrogens is 777 g/mol. The summed E-state index contributed by atoms with van der Waals surface area (Å²) >= 11 is 30.7. The van der Waals surface area contributed by atoms with Gasteiger partial charge in [-0.2, -0.15) is 0 Å². The Balaban J connectivity index is 1.35. The maximum Gasteiger partial charge on any atom is 0.0718 e. The van der Waals surface area contributed by atoms with Crippen LogP contribution in [0, 0.1) is 0 Å². The van der Waals surface area contributed by atoms with Crippen molar-refractivity contribution in [3.8, 4) is 0 Å². The van der Waals surface area contributed by atoms with Crippen LogP contribution in [0.25, 0.3) is 0 Å². The van der Waals surface area contributed by atoms with Crippen LogP contribution in [0.5, 0.6) is 0 Å². The molecule has 5 aliphatic rings. The molecule has 5 heterocycles. The van der Waals surface area contributed by atoms with Crippen molar-refractivity contribution in [2.75, 3.05) is 37.5 Å². The van der Waals surface area contributed by atoms with Crippen molar-refractivity contribution in [2.24, 2.45) is 0 Å². The highest BCUT2D eigenvalue weighted by molar-refractivity contribution is 8.50. The predicted octanol–water partition coefficient (Wildman–Crippen LogP) is 14.1. The van der Waals surface area contributed by atoms with Gasteiger partial charge in [-0.3, -0.25) is 0 Å². The summed E-state index contributed by atoms with van der Waals surface area (Å²) in [4.78, 5) is 0. The van der Waals surface area contributed by atoms with Crippen molar-refractivity contribution in [2.45, 2.75) is 0 Å². The zero-order valence-electron chi connectivity index (χ0n) is 20.7. The third-order valence-electron chi connectivity index (χ3n) is 4.61. The number of thioether (sulfide) groups is 16. The molecule has 0 nitrogen and oxygen atoms in total. The molecule has 204 valence electrons. The van der Waals surface area contributed by atoms with Gasteiger partial charge in [0, 0.05) is 0 Å². The average Bonchev–Trinajstić information content (AvgIpc) is 3.74. The van der Waals surface area contributed by atoms with Gasteiger partial charge < -0.3 is 0 Å². The van der Waals surface area contributed by atoms with Crippen molar-refractivity contribution in [1.29, 1.82) is 0 Å². The molecule has 0 unspecified atom stereocenters. The predicted molar refractivity (Wildman–Crippen MR) is 215 cm³/mol. The van der Waals surface area contributed by atoms with Crippen molar-refractivity contribution >= 4 is 188 Å². The van der Waals surface area contributed by atoms with Crippen LogP contribution in [0.1, 0.15) is 0 Å². The maximum atomic E-state index is 2.44. The molecule has 0 fully saturated rings. The second kappa shape index (κ2) is 15.7. The standard InChI is InChI=1S/C22H20S16/c1-23-13-14(24-2)30-10(29-13)7-9(12-33-15(25-3)16(26-4)34-12)8-11-31-19-20(32-11)38-22(37-19)21-35-17(27-5)18(28-6)36-21/h7-8H,1-6H3. The minimum absolute atomic E-state index is 1.35. The summed E-state index contributed by atoms with van der Waals surface area (Å²) in [5.74, 6) is 0. The first kappa shape index (κ1) is 32.9. The second-order valence-electron chi connectivity index (χ2n) is 6.79.